The van der Waals surface area contributed by atoms with E-state index in [1.807, 2.05) is 6.92 Å². The summed E-state index contributed by atoms with van der Waals surface area (Å²) < 4.78 is 0. The minimum atomic E-state index is -1.16. The van der Waals surface area contributed by atoms with Crippen LogP contribution >= 0.6 is 0 Å². The molecular weight excluding hydrogens is 152 g/mol. The smallest absolute Gasteiger partial charge is 0.128 e. The Bertz CT molecular complexity index is 115. The number of hydrogen-bond acceptors (Lipinski definition) is 3. The van der Waals surface area contributed by atoms with Crippen molar-refractivity contribution in [3.63, 3.8) is 0 Å². The van der Waals surface area contributed by atoms with Crippen LogP contribution in [-0.2, 0) is 0 Å². The maximum atomic E-state index is 9.66. The summed E-state index contributed by atoms with van der Waals surface area (Å²) in [6.45, 7) is 4.05. The van der Waals surface area contributed by atoms with Crippen LogP contribution in [0.3, 0.4) is 0 Å². The summed E-state index contributed by atoms with van der Waals surface area (Å²) in [5.41, 5.74) is 10.1. The lowest BCUT2D eigenvalue weighted by Gasteiger charge is -2.29. The zero-order valence-electron chi connectivity index (χ0n) is 8.21. The molecule has 5 N–H and O–H groups in total. The Morgan fingerprint density at radius 1 is 1.33 bits per heavy atom. The summed E-state index contributed by atoms with van der Waals surface area (Å²) in [5, 5.41) is 9.66. The fourth-order valence-corrected chi connectivity index (χ4v) is 1.20. The van der Waals surface area contributed by atoms with Crippen molar-refractivity contribution >= 4 is 0 Å². The number of aliphatic hydroxyl groups is 1. The van der Waals surface area contributed by atoms with Crippen LogP contribution in [0.1, 0.15) is 46.0 Å². The van der Waals surface area contributed by atoms with Crippen LogP contribution in [0, 0.1) is 0 Å². The maximum absolute atomic E-state index is 9.66. The average molecular weight is 174 g/mol. The maximum Gasteiger partial charge on any atom is 0.128 e. The Hall–Kier alpha value is -0.120. The number of rotatable bonds is 6. The first-order valence-electron chi connectivity index (χ1n) is 4.81. The normalized spacial score (nSPS) is 18.8. The molecule has 0 aliphatic rings. The first-order valence-corrected chi connectivity index (χ1v) is 4.81. The van der Waals surface area contributed by atoms with Crippen molar-refractivity contribution in [1.29, 1.82) is 0 Å². The van der Waals surface area contributed by atoms with Gasteiger partial charge in [0.1, 0.15) is 5.72 Å². The molecule has 0 spiro atoms. The molecule has 0 aliphatic carbocycles. The summed E-state index contributed by atoms with van der Waals surface area (Å²) in [6, 6.07) is -0.297. The number of unbranched alkanes of at least 4 members (excludes halogenated alkanes) is 2. The summed E-state index contributed by atoms with van der Waals surface area (Å²) in [6.07, 6.45) is 4.53. The lowest BCUT2D eigenvalue weighted by Crippen LogP contribution is -2.54. The van der Waals surface area contributed by atoms with Crippen molar-refractivity contribution in [3.8, 4) is 0 Å². The van der Waals surface area contributed by atoms with Crippen LogP contribution in [0.2, 0.25) is 0 Å². The number of hydrogen-bond donors (Lipinski definition) is 3. The SMILES string of the molecule is CCCCCC(N)(O)C(N)CC. The zero-order valence-corrected chi connectivity index (χ0v) is 8.21. The fourth-order valence-electron chi connectivity index (χ4n) is 1.20. The summed E-state index contributed by atoms with van der Waals surface area (Å²) in [5.74, 6) is 0. The van der Waals surface area contributed by atoms with Gasteiger partial charge >= 0.3 is 0 Å². The van der Waals surface area contributed by atoms with Gasteiger partial charge in [-0.3, -0.25) is 0 Å². The molecule has 2 unspecified atom stereocenters. The molecule has 3 nitrogen and oxygen atoms in total. The Balaban J connectivity index is 3.70. The largest absolute Gasteiger partial charge is 0.374 e. The standard InChI is InChI=1S/C9H22N2O/c1-3-5-6-7-9(11,12)8(10)4-2/h8,12H,3-7,10-11H2,1-2H3. The monoisotopic (exact) mass is 174 g/mol. The minimum Gasteiger partial charge on any atom is -0.374 e. The van der Waals surface area contributed by atoms with Crippen LogP contribution in [0.5, 0.6) is 0 Å². The van der Waals surface area contributed by atoms with E-state index >= 15 is 0 Å². The van der Waals surface area contributed by atoms with Crippen molar-refractivity contribution in [2.75, 3.05) is 0 Å². The topological polar surface area (TPSA) is 72.3 Å². The molecule has 0 aliphatic heterocycles. The van der Waals surface area contributed by atoms with Gasteiger partial charge in [0.05, 0.1) is 0 Å². The van der Waals surface area contributed by atoms with Crippen LogP contribution in [-0.4, -0.2) is 16.9 Å². The third kappa shape index (κ3) is 4.04. The third-order valence-electron chi connectivity index (χ3n) is 2.26. The highest BCUT2D eigenvalue weighted by Crippen LogP contribution is 2.14. The van der Waals surface area contributed by atoms with Gasteiger partial charge in [-0.1, -0.05) is 26.7 Å². The van der Waals surface area contributed by atoms with E-state index in [-0.39, 0.29) is 6.04 Å². The van der Waals surface area contributed by atoms with Gasteiger partial charge in [0, 0.05) is 6.04 Å². The highest BCUT2D eigenvalue weighted by Gasteiger charge is 2.27. The van der Waals surface area contributed by atoms with Crippen molar-refractivity contribution in [2.45, 2.75) is 57.7 Å². The molecule has 0 aromatic carbocycles. The highest BCUT2D eigenvalue weighted by molar-refractivity contribution is 4.82. The highest BCUT2D eigenvalue weighted by atomic mass is 16.3. The van der Waals surface area contributed by atoms with E-state index in [9.17, 15) is 5.11 Å². The molecule has 0 heterocycles. The molecule has 0 aromatic heterocycles. The van der Waals surface area contributed by atoms with Crippen LogP contribution in [0.4, 0.5) is 0 Å². The third-order valence-corrected chi connectivity index (χ3v) is 2.26. The van der Waals surface area contributed by atoms with Gasteiger partial charge in [0.15, 0.2) is 0 Å². The molecule has 0 saturated carbocycles. The van der Waals surface area contributed by atoms with Gasteiger partial charge in [0.2, 0.25) is 0 Å². The van der Waals surface area contributed by atoms with Gasteiger partial charge in [0.25, 0.3) is 0 Å². The summed E-state index contributed by atoms with van der Waals surface area (Å²) in [7, 11) is 0. The molecule has 0 aromatic rings. The molecule has 0 rings (SSSR count). The van der Waals surface area contributed by atoms with Crippen LogP contribution in [0.15, 0.2) is 0 Å². The van der Waals surface area contributed by atoms with Crippen molar-refractivity contribution in [2.24, 2.45) is 11.5 Å². The van der Waals surface area contributed by atoms with Gasteiger partial charge in [-0.2, -0.15) is 0 Å². The zero-order chi connectivity index (χ0) is 9.61. The van der Waals surface area contributed by atoms with E-state index in [2.05, 4.69) is 6.92 Å². The molecule has 0 fully saturated rings. The van der Waals surface area contributed by atoms with E-state index in [0.29, 0.717) is 6.42 Å². The number of nitrogens with two attached hydrogens (primary N) is 2. The molecule has 0 saturated heterocycles. The quantitative estimate of drug-likeness (QED) is 0.414. The molecule has 0 amide bonds. The van der Waals surface area contributed by atoms with Gasteiger partial charge in [-0.05, 0) is 19.3 Å². The predicted molar refractivity (Wildman–Crippen MR) is 51.5 cm³/mol. The first-order chi connectivity index (χ1) is 5.54. The van der Waals surface area contributed by atoms with Crippen LogP contribution < -0.4 is 11.5 Å². The van der Waals surface area contributed by atoms with E-state index in [4.69, 9.17) is 11.5 Å². The molecule has 0 bridgehead atoms. The van der Waals surface area contributed by atoms with Crippen molar-refractivity contribution in [1.82, 2.24) is 0 Å². The molecular formula is C9H22N2O. The Morgan fingerprint density at radius 2 is 1.92 bits per heavy atom. The predicted octanol–water partition coefficient (Wildman–Crippen LogP) is 0.951. The van der Waals surface area contributed by atoms with Crippen molar-refractivity contribution < 1.29 is 5.11 Å². The lowest BCUT2D eigenvalue weighted by molar-refractivity contribution is 0.00844. The van der Waals surface area contributed by atoms with E-state index < -0.39 is 5.72 Å². The Kier molecular flexibility index (Phi) is 5.46. The van der Waals surface area contributed by atoms with Crippen molar-refractivity contribution in [3.05, 3.63) is 0 Å². The first kappa shape index (κ1) is 11.9. The second-order valence-corrected chi connectivity index (χ2v) is 3.46. The van der Waals surface area contributed by atoms with E-state index in [1.54, 1.807) is 0 Å². The summed E-state index contributed by atoms with van der Waals surface area (Å²) in [4.78, 5) is 0. The van der Waals surface area contributed by atoms with Gasteiger partial charge in [-0.15, -0.1) is 0 Å². The Morgan fingerprint density at radius 3 is 2.33 bits per heavy atom. The lowest BCUT2D eigenvalue weighted by atomic mass is 9.97. The average Bonchev–Trinajstić information content (AvgIpc) is 2.03. The Labute approximate surface area is 75.1 Å². The molecule has 12 heavy (non-hydrogen) atoms. The van der Waals surface area contributed by atoms with E-state index in [0.717, 1.165) is 25.7 Å². The van der Waals surface area contributed by atoms with Gasteiger partial charge < -0.3 is 16.6 Å². The second kappa shape index (κ2) is 5.51. The summed E-state index contributed by atoms with van der Waals surface area (Å²) >= 11 is 0. The van der Waals surface area contributed by atoms with Crippen LogP contribution in [0.25, 0.3) is 0 Å². The minimum absolute atomic E-state index is 0.297. The molecule has 0 radical (unpaired) electrons. The van der Waals surface area contributed by atoms with E-state index in [1.165, 1.54) is 0 Å². The second-order valence-electron chi connectivity index (χ2n) is 3.46. The molecule has 3 heteroatoms. The molecule has 74 valence electrons. The van der Waals surface area contributed by atoms with Gasteiger partial charge in [-0.25, -0.2) is 0 Å². The fraction of sp³-hybridized carbons (Fsp3) is 1.00. The molecule has 2 atom stereocenters.